The molecule has 0 radical (unpaired) electrons. The van der Waals surface area contributed by atoms with Crippen molar-refractivity contribution in [2.45, 2.75) is 18.6 Å². The second-order valence-electron chi connectivity index (χ2n) is 6.85. The van der Waals surface area contributed by atoms with E-state index in [1.54, 1.807) is 60.7 Å². The number of benzene rings is 3. The lowest BCUT2D eigenvalue weighted by Gasteiger charge is -2.23. The van der Waals surface area contributed by atoms with E-state index in [1.165, 1.54) is 7.11 Å². The molecule has 1 aliphatic carbocycles. The van der Waals surface area contributed by atoms with Crippen LogP contribution in [0.2, 0.25) is 0 Å². The van der Waals surface area contributed by atoms with Crippen LogP contribution in [-0.4, -0.2) is 24.0 Å². The van der Waals surface area contributed by atoms with Crippen LogP contribution in [0.4, 0.5) is 0 Å². The minimum Gasteiger partial charge on any atom is -0.496 e. The van der Waals surface area contributed by atoms with E-state index in [9.17, 15) is 14.7 Å². The second-order valence-corrected chi connectivity index (χ2v) is 6.85. The summed E-state index contributed by atoms with van der Waals surface area (Å²) in [6.45, 7) is 0. The number of fused-ring (bicyclic) bond motifs is 2. The molecule has 3 aromatic carbocycles. The molecule has 5 nitrogen and oxygen atoms in total. The van der Waals surface area contributed by atoms with Gasteiger partial charge in [-0.05, 0) is 11.6 Å². The first-order valence-electron chi connectivity index (χ1n) is 9.32. The average molecular weight is 388 g/mol. The Kier molecular flexibility index (Phi) is 5.14. The summed E-state index contributed by atoms with van der Waals surface area (Å²) >= 11 is 0. The number of carbonyl (C=O) groups is 2. The fraction of sp³-hybridized carbons (Fsp3) is 0.167. The first-order valence-corrected chi connectivity index (χ1v) is 9.32. The molecule has 0 saturated carbocycles. The zero-order chi connectivity index (χ0) is 20.4. The van der Waals surface area contributed by atoms with Crippen molar-refractivity contribution in [1.82, 2.24) is 0 Å². The van der Waals surface area contributed by atoms with Gasteiger partial charge < -0.3 is 14.6 Å². The van der Waals surface area contributed by atoms with E-state index in [1.807, 2.05) is 12.1 Å². The number of hydrogen-bond donors (Lipinski definition) is 1. The van der Waals surface area contributed by atoms with Crippen molar-refractivity contribution in [1.29, 1.82) is 0 Å². The Morgan fingerprint density at radius 2 is 1.48 bits per heavy atom. The van der Waals surface area contributed by atoms with E-state index in [0.29, 0.717) is 33.6 Å². The van der Waals surface area contributed by atoms with Gasteiger partial charge in [-0.25, -0.2) is 0 Å². The zero-order valence-corrected chi connectivity index (χ0v) is 15.9. The maximum atomic E-state index is 13.0. The Hall–Kier alpha value is -3.44. The molecule has 0 amide bonds. The third kappa shape index (κ3) is 3.52. The molecule has 29 heavy (non-hydrogen) atoms. The molecular formula is C24H20O5. The third-order valence-corrected chi connectivity index (χ3v) is 5.11. The third-order valence-electron chi connectivity index (χ3n) is 5.11. The summed E-state index contributed by atoms with van der Waals surface area (Å²) in [5.74, 6) is -0.120. The van der Waals surface area contributed by atoms with E-state index in [0.717, 1.165) is 0 Å². The lowest BCUT2D eigenvalue weighted by atomic mass is 9.98. The molecule has 0 heterocycles. The molecule has 0 aliphatic heterocycles. The molecule has 0 spiro atoms. The summed E-state index contributed by atoms with van der Waals surface area (Å²) in [6, 6.07) is 21.0. The summed E-state index contributed by atoms with van der Waals surface area (Å²) in [5.41, 5.74) is 2.47. The van der Waals surface area contributed by atoms with E-state index >= 15 is 0 Å². The van der Waals surface area contributed by atoms with Crippen LogP contribution in [0.15, 0.2) is 72.8 Å². The highest BCUT2D eigenvalue weighted by molar-refractivity contribution is 6.11. The maximum Gasteiger partial charge on any atom is 0.311 e. The van der Waals surface area contributed by atoms with Crippen molar-refractivity contribution >= 4 is 11.8 Å². The van der Waals surface area contributed by atoms with Crippen molar-refractivity contribution in [3.05, 3.63) is 101 Å². The van der Waals surface area contributed by atoms with Crippen LogP contribution in [-0.2, 0) is 16.0 Å². The van der Waals surface area contributed by atoms with Crippen molar-refractivity contribution in [2.24, 2.45) is 0 Å². The van der Waals surface area contributed by atoms with Crippen LogP contribution in [0.3, 0.4) is 0 Å². The van der Waals surface area contributed by atoms with Crippen LogP contribution in [0.25, 0.3) is 0 Å². The van der Waals surface area contributed by atoms with E-state index in [2.05, 4.69) is 0 Å². The smallest absolute Gasteiger partial charge is 0.311 e. The molecule has 2 atom stereocenters. The minimum atomic E-state index is -1.15. The van der Waals surface area contributed by atoms with Gasteiger partial charge in [-0.3, -0.25) is 9.59 Å². The van der Waals surface area contributed by atoms with Crippen LogP contribution >= 0.6 is 0 Å². The molecule has 0 unspecified atom stereocenters. The minimum absolute atomic E-state index is 0.00894. The van der Waals surface area contributed by atoms with Gasteiger partial charge in [0.15, 0.2) is 11.9 Å². The number of aliphatic hydroxyl groups is 1. The highest BCUT2D eigenvalue weighted by Crippen LogP contribution is 2.40. The van der Waals surface area contributed by atoms with E-state index in [-0.39, 0.29) is 12.2 Å². The Morgan fingerprint density at radius 1 is 0.897 bits per heavy atom. The van der Waals surface area contributed by atoms with Crippen LogP contribution in [0.5, 0.6) is 5.75 Å². The fourth-order valence-electron chi connectivity index (χ4n) is 3.71. The number of para-hydroxylation sites is 1. The first-order chi connectivity index (χ1) is 14.1. The lowest BCUT2D eigenvalue weighted by Crippen LogP contribution is -2.20. The normalized spacial score (nSPS) is 17.7. The van der Waals surface area contributed by atoms with E-state index in [4.69, 9.17) is 9.47 Å². The maximum absolute atomic E-state index is 13.0. The Bertz CT molecular complexity index is 1070. The second kappa shape index (κ2) is 7.89. The van der Waals surface area contributed by atoms with Gasteiger partial charge in [-0.2, -0.15) is 0 Å². The van der Waals surface area contributed by atoms with Crippen molar-refractivity contribution in [2.75, 3.05) is 7.11 Å². The summed E-state index contributed by atoms with van der Waals surface area (Å²) in [5, 5.41) is 11.0. The van der Waals surface area contributed by atoms with Gasteiger partial charge >= 0.3 is 5.97 Å². The predicted molar refractivity (Wildman–Crippen MR) is 107 cm³/mol. The lowest BCUT2D eigenvalue weighted by molar-refractivity contribution is -0.155. The number of aliphatic hydroxyl groups excluding tert-OH is 1. The molecule has 0 aromatic heterocycles. The summed E-state index contributed by atoms with van der Waals surface area (Å²) in [7, 11) is 1.54. The Morgan fingerprint density at radius 3 is 2.21 bits per heavy atom. The Labute approximate surface area is 168 Å². The largest absolute Gasteiger partial charge is 0.496 e. The number of carbonyl (C=O) groups excluding carboxylic acids is 2. The highest BCUT2D eigenvalue weighted by Gasteiger charge is 2.36. The number of esters is 1. The molecular weight excluding hydrogens is 368 g/mol. The standard InChI is InChI=1S/C24H20O5/c1-28-20-13-7-2-8-15(20)14-21(25)29-24-19-12-6-5-11-18(19)22(26)16-9-3-4-10-17(16)23(24)27/h2-13,23-24,27H,14H2,1H3/t23-,24-/m0/s1. The topological polar surface area (TPSA) is 72.8 Å². The van der Waals surface area contributed by atoms with Gasteiger partial charge in [0.05, 0.1) is 13.5 Å². The van der Waals surface area contributed by atoms with Gasteiger partial charge in [0, 0.05) is 22.3 Å². The monoisotopic (exact) mass is 388 g/mol. The van der Waals surface area contributed by atoms with E-state index < -0.39 is 18.2 Å². The summed E-state index contributed by atoms with van der Waals surface area (Å²) in [6.07, 6.45) is -2.15. The fourth-order valence-corrected chi connectivity index (χ4v) is 3.71. The molecule has 0 saturated heterocycles. The molecule has 5 heteroatoms. The number of ether oxygens (including phenoxy) is 2. The highest BCUT2D eigenvalue weighted by atomic mass is 16.6. The average Bonchev–Trinajstić information content (AvgIpc) is 2.84. The van der Waals surface area contributed by atoms with Gasteiger partial charge in [0.25, 0.3) is 0 Å². The summed E-state index contributed by atoms with van der Waals surface area (Å²) in [4.78, 5) is 25.7. The molecule has 1 N–H and O–H groups in total. The number of methoxy groups -OCH3 is 1. The quantitative estimate of drug-likeness (QED) is 0.689. The number of rotatable bonds is 4. The van der Waals surface area contributed by atoms with Crippen molar-refractivity contribution < 1.29 is 24.2 Å². The summed E-state index contributed by atoms with van der Waals surface area (Å²) < 4.78 is 11.0. The van der Waals surface area contributed by atoms with Gasteiger partial charge in [0.2, 0.25) is 0 Å². The van der Waals surface area contributed by atoms with Crippen LogP contribution in [0, 0.1) is 0 Å². The number of hydrogen-bond acceptors (Lipinski definition) is 5. The van der Waals surface area contributed by atoms with Crippen molar-refractivity contribution in [3.8, 4) is 5.75 Å². The Balaban J connectivity index is 1.70. The van der Waals surface area contributed by atoms with Crippen LogP contribution < -0.4 is 4.74 Å². The molecule has 4 rings (SSSR count). The van der Waals surface area contributed by atoms with Crippen molar-refractivity contribution in [3.63, 3.8) is 0 Å². The SMILES string of the molecule is COc1ccccc1CC(=O)O[C@H]1c2ccccc2C(=O)c2ccccc2[C@@H]1O. The van der Waals surface area contributed by atoms with Gasteiger partial charge in [-0.1, -0.05) is 66.7 Å². The molecule has 0 bridgehead atoms. The number of ketones is 1. The first kappa shape index (κ1) is 18.9. The molecule has 0 fully saturated rings. The molecule has 1 aliphatic rings. The molecule has 146 valence electrons. The zero-order valence-electron chi connectivity index (χ0n) is 15.9. The van der Waals surface area contributed by atoms with Gasteiger partial charge in [-0.15, -0.1) is 0 Å². The van der Waals surface area contributed by atoms with Gasteiger partial charge in [0.1, 0.15) is 11.9 Å². The predicted octanol–water partition coefficient (Wildman–Crippen LogP) is 3.80. The van der Waals surface area contributed by atoms with Crippen LogP contribution in [0.1, 0.15) is 44.8 Å². The molecule has 3 aromatic rings.